The lowest BCUT2D eigenvalue weighted by Crippen LogP contribution is -1.80. The van der Waals surface area contributed by atoms with Crippen molar-refractivity contribution >= 4 is 18.5 Å². The van der Waals surface area contributed by atoms with Crippen LogP contribution in [0.15, 0.2) is 30.3 Å². The molecule has 0 aliphatic rings. The van der Waals surface area contributed by atoms with Crippen molar-refractivity contribution in [2.24, 2.45) is 0 Å². The molecule has 1 nitrogen and oxygen atoms in total. The van der Waals surface area contributed by atoms with E-state index < -0.39 is 0 Å². The average Bonchev–Trinajstić information content (AvgIpc) is 2.07. The largest absolute Gasteiger partial charge is 0.497 e. The third-order valence-corrected chi connectivity index (χ3v) is 1.47. The number of halogens is 1. The number of hydrogen-bond donors (Lipinski definition) is 0. The van der Waals surface area contributed by atoms with Gasteiger partial charge >= 0.3 is 0 Å². The maximum absolute atomic E-state index is 5.02. The van der Waals surface area contributed by atoms with E-state index in [1.165, 1.54) is 5.56 Å². The van der Waals surface area contributed by atoms with Gasteiger partial charge in [0.1, 0.15) is 5.75 Å². The minimum Gasteiger partial charge on any atom is -0.497 e. The number of hydrogen-bond acceptors (Lipinski definition) is 1. The highest BCUT2D eigenvalue weighted by Crippen LogP contribution is 2.11. The van der Waals surface area contributed by atoms with Crippen LogP contribution < -0.4 is 4.74 Å². The van der Waals surface area contributed by atoms with Crippen LogP contribution in [0.4, 0.5) is 0 Å². The van der Waals surface area contributed by atoms with E-state index in [1.807, 2.05) is 37.3 Å². The molecule has 0 unspecified atom stereocenters. The van der Waals surface area contributed by atoms with E-state index in [0.29, 0.717) is 0 Å². The van der Waals surface area contributed by atoms with Crippen LogP contribution in [0.3, 0.4) is 0 Å². The number of allylic oxidation sites excluding steroid dienone is 1. The summed E-state index contributed by atoms with van der Waals surface area (Å²) in [4.78, 5) is 0. The second kappa shape index (κ2) is 5.67. The molecule has 1 rings (SSSR count). The first kappa shape index (κ1) is 11.1. The first-order valence-electron chi connectivity index (χ1n) is 3.63. The summed E-state index contributed by atoms with van der Waals surface area (Å²) in [7, 11) is 1.67. The Kier molecular flexibility index (Phi) is 5.22. The van der Waals surface area contributed by atoms with Gasteiger partial charge in [0.05, 0.1) is 7.11 Å². The van der Waals surface area contributed by atoms with Gasteiger partial charge in [-0.25, -0.2) is 0 Å². The standard InChI is InChI=1S/C10H12O.ClH/c1-3-4-9-5-7-10(11-2)8-6-9;/h3-8H,1-2H3;1H. The number of ether oxygens (including phenoxy) is 1. The molecular weight excluding hydrogens is 172 g/mol. The fraction of sp³-hybridized carbons (Fsp3) is 0.200. The summed E-state index contributed by atoms with van der Waals surface area (Å²) >= 11 is 0. The van der Waals surface area contributed by atoms with Gasteiger partial charge in [0.15, 0.2) is 0 Å². The monoisotopic (exact) mass is 184 g/mol. The zero-order chi connectivity index (χ0) is 8.10. The van der Waals surface area contributed by atoms with Crippen LogP contribution in [0.5, 0.6) is 5.75 Å². The Hall–Kier alpha value is -0.950. The second-order valence-corrected chi connectivity index (χ2v) is 2.27. The highest BCUT2D eigenvalue weighted by Gasteiger charge is 1.87. The smallest absolute Gasteiger partial charge is 0.118 e. The second-order valence-electron chi connectivity index (χ2n) is 2.27. The summed E-state index contributed by atoms with van der Waals surface area (Å²) < 4.78 is 5.02. The third kappa shape index (κ3) is 2.97. The van der Waals surface area contributed by atoms with Gasteiger partial charge in [0.25, 0.3) is 0 Å². The number of rotatable bonds is 2. The lowest BCUT2D eigenvalue weighted by molar-refractivity contribution is 0.415. The predicted molar refractivity (Wildman–Crippen MR) is 55.0 cm³/mol. The molecule has 12 heavy (non-hydrogen) atoms. The summed E-state index contributed by atoms with van der Waals surface area (Å²) in [6.45, 7) is 2.00. The molecule has 0 aliphatic carbocycles. The average molecular weight is 185 g/mol. The molecule has 0 saturated carbocycles. The molecule has 0 saturated heterocycles. The minimum atomic E-state index is 0. The molecule has 0 fully saturated rings. The Balaban J connectivity index is 0.00000121. The van der Waals surface area contributed by atoms with Gasteiger partial charge in [-0.3, -0.25) is 0 Å². The highest BCUT2D eigenvalue weighted by molar-refractivity contribution is 5.85. The lowest BCUT2D eigenvalue weighted by atomic mass is 10.2. The minimum absolute atomic E-state index is 0. The van der Waals surface area contributed by atoms with Crippen molar-refractivity contribution in [2.75, 3.05) is 7.11 Å². The molecule has 0 N–H and O–H groups in total. The highest BCUT2D eigenvalue weighted by atomic mass is 35.5. The SMILES string of the molecule is CC=Cc1ccc(OC)cc1.Cl. The number of methoxy groups -OCH3 is 1. The van der Waals surface area contributed by atoms with Gasteiger partial charge in [0, 0.05) is 0 Å². The number of benzene rings is 1. The Morgan fingerprint density at radius 3 is 2.17 bits per heavy atom. The molecular formula is C10H13ClO. The molecule has 0 aromatic heterocycles. The molecule has 0 atom stereocenters. The summed E-state index contributed by atoms with van der Waals surface area (Å²) in [5, 5.41) is 0. The van der Waals surface area contributed by atoms with E-state index in [0.717, 1.165) is 5.75 Å². The van der Waals surface area contributed by atoms with E-state index in [4.69, 9.17) is 4.74 Å². The maximum atomic E-state index is 5.02. The predicted octanol–water partition coefficient (Wildman–Crippen LogP) is 3.15. The van der Waals surface area contributed by atoms with Gasteiger partial charge in [0.2, 0.25) is 0 Å². The van der Waals surface area contributed by atoms with Crippen LogP contribution in [0, 0.1) is 0 Å². The van der Waals surface area contributed by atoms with E-state index in [-0.39, 0.29) is 12.4 Å². The van der Waals surface area contributed by atoms with Crippen LogP contribution >= 0.6 is 12.4 Å². The topological polar surface area (TPSA) is 9.23 Å². The Morgan fingerprint density at radius 2 is 1.75 bits per heavy atom. The molecule has 1 aromatic rings. The fourth-order valence-corrected chi connectivity index (χ4v) is 0.907. The first-order valence-corrected chi connectivity index (χ1v) is 3.63. The molecule has 2 heteroatoms. The van der Waals surface area contributed by atoms with E-state index >= 15 is 0 Å². The normalized spacial score (nSPS) is 9.50. The van der Waals surface area contributed by atoms with E-state index in [9.17, 15) is 0 Å². The van der Waals surface area contributed by atoms with Crippen molar-refractivity contribution in [2.45, 2.75) is 6.92 Å². The third-order valence-electron chi connectivity index (χ3n) is 1.47. The van der Waals surface area contributed by atoms with Crippen molar-refractivity contribution in [3.05, 3.63) is 35.9 Å². The fourth-order valence-electron chi connectivity index (χ4n) is 0.907. The lowest BCUT2D eigenvalue weighted by Gasteiger charge is -1.98. The summed E-state index contributed by atoms with van der Waals surface area (Å²) in [5.74, 6) is 0.901. The van der Waals surface area contributed by atoms with Crippen LogP contribution in [-0.2, 0) is 0 Å². The quantitative estimate of drug-likeness (QED) is 0.686. The van der Waals surface area contributed by atoms with E-state index in [2.05, 4.69) is 6.08 Å². The van der Waals surface area contributed by atoms with Crippen molar-refractivity contribution in [1.29, 1.82) is 0 Å². The zero-order valence-corrected chi connectivity index (χ0v) is 8.10. The molecule has 66 valence electrons. The zero-order valence-electron chi connectivity index (χ0n) is 7.28. The van der Waals surface area contributed by atoms with Crippen molar-refractivity contribution in [1.82, 2.24) is 0 Å². The molecule has 0 spiro atoms. The van der Waals surface area contributed by atoms with Gasteiger partial charge in [-0.15, -0.1) is 12.4 Å². The Morgan fingerprint density at radius 1 is 1.17 bits per heavy atom. The molecule has 0 heterocycles. The van der Waals surface area contributed by atoms with Gasteiger partial charge in [-0.1, -0.05) is 24.3 Å². The van der Waals surface area contributed by atoms with Crippen molar-refractivity contribution < 1.29 is 4.74 Å². The van der Waals surface area contributed by atoms with Crippen molar-refractivity contribution in [3.63, 3.8) is 0 Å². The maximum Gasteiger partial charge on any atom is 0.118 e. The Labute approximate surface area is 79.5 Å². The van der Waals surface area contributed by atoms with Gasteiger partial charge in [-0.05, 0) is 24.6 Å². The van der Waals surface area contributed by atoms with Crippen molar-refractivity contribution in [3.8, 4) is 5.75 Å². The molecule has 0 amide bonds. The summed E-state index contributed by atoms with van der Waals surface area (Å²) in [5.41, 5.74) is 1.20. The van der Waals surface area contributed by atoms with E-state index in [1.54, 1.807) is 7.11 Å². The molecule has 0 aliphatic heterocycles. The van der Waals surface area contributed by atoms with Gasteiger partial charge < -0.3 is 4.74 Å². The Bertz CT molecular complexity index is 239. The molecule has 1 aromatic carbocycles. The van der Waals surface area contributed by atoms with Crippen LogP contribution in [-0.4, -0.2) is 7.11 Å². The molecule has 0 bridgehead atoms. The van der Waals surface area contributed by atoms with Crippen LogP contribution in [0.25, 0.3) is 6.08 Å². The summed E-state index contributed by atoms with van der Waals surface area (Å²) in [6.07, 6.45) is 4.07. The first-order chi connectivity index (χ1) is 5.36. The van der Waals surface area contributed by atoms with Gasteiger partial charge in [-0.2, -0.15) is 0 Å². The van der Waals surface area contributed by atoms with Crippen LogP contribution in [0.2, 0.25) is 0 Å². The summed E-state index contributed by atoms with van der Waals surface area (Å²) in [6, 6.07) is 7.96. The molecule has 0 radical (unpaired) electrons. The van der Waals surface area contributed by atoms with Crippen LogP contribution in [0.1, 0.15) is 12.5 Å².